The predicted molar refractivity (Wildman–Crippen MR) is 177 cm³/mol. The van der Waals surface area contributed by atoms with Crippen LogP contribution in [-0.2, 0) is 25.0 Å². The summed E-state index contributed by atoms with van der Waals surface area (Å²) in [6.45, 7) is 21.1. The Kier molecular flexibility index (Phi) is 16.1. The standard InChI is InChI=1S/C30H59N5O8S2/c1-8-34(9-2,16-12-20-44(38,39)40)18-14-33(15-19-35(10-3,11-4)17-13-21-45(41,42)43)28(37)32-27-22-29(5,6)24-30(7,23-27)25-31-26-36/h27H,8-25H2,1-7H3,(H-2,32,37,38,39,40,41,42,43)/p+2. The van der Waals surface area contributed by atoms with Gasteiger partial charge in [-0.3, -0.25) is 9.11 Å². The number of carbonyl (C=O) groups excluding carboxylic acids is 2. The smallest absolute Gasteiger partial charge is 0.318 e. The van der Waals surface area contributed by atoms with Gasteiger partial charge in [0.15, 0.2) is 0 Å². The molecule has 1 rings (SSSR count). The van der Waals surface area contributed by atoms with Crippen LogP contribution >= 0.6 is 0 Å². The van der Waals surface area contributed by atoms with Crippen molar-refractivity contribution in [3.63, 3.8) is 0 Å². The predicted octanol–water partition coefficient (Wildman–Crippen LogP) is 3.19. The number of hydrogen-bond donors (Lipinski definition) is 3. The zero-order chi connectivity index (χ0) is 34.6. The van der Waals surface area contributed by atoms with Gasteiger partial charge in [0.05, 0.1) is 83.5 Å². The first-order valence-electron chi connectivity index (χ1n) is 16.4. The molecular weight excluding hydrogens is 622 g/mol. The quantitative estimate of drug-likeness (QED) is 0.0717. The van der Waals surface area contributed by atoms with Crippen LogP contribution in [0.2, 0.25) is 0 Å². The molecule has 1 saturated carbocycles. The van der Waals surface area contributed by atoms with Crippen LogP contribution in [0.1, 0.15) is 80.6 Å². The summed E-state index contributed by atoms with van der Waals surface area (Å²) in [6.07, 6.45) is 4.61. The molecule has 1 aliphatic carbocycles. The topological polar surface area (TPSA) is 171 Å². The monoisotopic (exact) mass is 683 g/mol. The van der Waals surface area contributed by atoms with Crippen molar-refractivity contribution in [1.82, 2.24) is 10.2 Å². The third-order valence-corrected chi connectivity index (χ3v) is 11.6. The summed E-state index contributed by atoms with van der Waals surface area (Å²) < 4.78 is 65.2. The van der Waals surface area contributed by atoms with Gasteiger partial charge >= 0.3 is 6.03 Å². The Morgan fingerprint density at radius 1 is 0.844 bits per heavy atom. The molecule has 0 heterocycles. The Labute approximate surface area is 272 Å². The molecule has 45 heavy (non-hydrogen) atoms. The molecule has 0 spiro atoms. The van der Waals surface area contributed by atoms with Gasteiger partial charge in [-0.05, 0) is 57.8 Å². The minimum Gasteiger partial charge on any atom is -0.335 e. The van der Waals surface area contributed by atoms with E-state index in [2.05, 4.69) is 31.1 Å². The maximum Gasteiger partial charge on any atom is 0.318 e. The SMILES string of the molecule is CC[N+](CC)(CCCS(=O)(=O)O)CCN(CC[N+](CC)(CC)CCCS(=O)(=O)O)C(=O)NC1CC(C)(C)CC(C)(CN=C=O)C1. The molecule has 0 bridgehead atoms. The van der Waals surface area contributed by atoms with E-state index in [4.69, 9.17) is 0 Å². The minimum atomic E-state index is -4.07. The van der Waals surface area contributed by atoms with E-state index in [1.54, 1.807) is 6.08 Å². The van der Waals surface area contributed by atoms with Gasteiger partial charge in [-0.2, -0.15) is 16.8 Å². The highest BCUT2D eigenvalue weighted by atomic mass is 32.2. The maximum absolute atomic E-state index is 14.0. The van der Waals surface area contributed by atoms with Gasteiger partial charge in [0.1, 0.15) is 0 Å². The third-order valence-electron chi connectivity index (χ3n) is 10.0. The molecule has 2 amide bonds. The highest BCUT2D eigenvalue weighted by molar-refractivity contribution is 7.86. The fraction of sp³-hybridized carbons (Fsp3) is 0.933. The molecule has 2 unspecified atom stereocenters. The maximum atomic E-state index is 14.0. The lowest BCUT2D eigenvalue weighted by atomic mass is 9.62. The molecule has 1 aliphatic rings. The summed E-state index contributed by atoms with van der Waals surface area (Å²) in [5.74, 6) is -0.615. The number of quaternary nitrogens is 2. The minimum absolute atomic E-state index is 0.0683. The number of nitrogens with one attached hydrogen (secondary N) is 1. The first-order valence-corrected chi connectivity index (χ1v) is 19.6. The lowest BCUT2D eigenvalue weighted by molar-refractivity contribution is -0.926. The van der Waals surface area contributed by atoms with Crippen LogP contribution in [-0.4, -0.2) is 141 Å². The first kappa shape index (κ1) is 41.4. The van der Waals surface area contributed by atoms with E-state index in [1.807, 2.05) is 32.6 Å². The molecule has 0 saturated heterocycles. The van der Waals surface area contributed by atoms with Crippen molar-refractivity contribution in [2.75, 3.05) is 83.5 Å². The Hall–Kier alpha value is -1.61. The van der Waals surface area contributed by atoms with Gasteiger partial charge in [0.2, 0.25) is 6.08 Å². The van der Waals surface area contributed by atoms with E-state index in [-0.39, 0.29) is 34.4 Å². The van der Waals surface area contributed by atoms with Crippen LogP contribution in [0.4, 0.5) is 4.79 Å². The molecule has 0 aromatic heterocycles. The highest BCUT2D eigenvalue weighted by Crippen LogP contribution is 2.46. The summed E-state index contributed by atoms with van der Waals surface area (Å²) in [5, 5.41) is 3.29. The first-order chi connectivity index (χ1) is 20.7. The molecule has 3 N–H and O–H groups in total. The Bertz CT molecular complexity index is 1140. The zero-order valence-electron chi connectivity index (χ0n) is 28.8. The van der Waals surface area contributed by atoms with Crippen LogP contribution in [0.25, 0.3) is 0 Å². The van der Waals surface area contributed by atoms with E-state index in [0.717, 1.165) is 39.0 Å². The average Bonchev–Trinajstić information content (AvgIpc) is 2.91. The van der Waals surface area contributed by atoms with Crippen LogP contribution in [0.5, 0.6) is 0 Å². The molecule has 2 atom stereocenters. The average molecular weight is 684 g/mol. The molecule has 0 aromatic rings. The largest absolute Gasteiger partial charge is 0.335 e. The molecule has 13 nitrogen and oxygen atoms in total. The third kappa shape index (κ3) is 15.2. The second kappa shape index (κ2) is 17.5. The van der Waals surface area contributed by atoms with Gasteiger partial charge in [-0.1, -0.05) is 20.8 Å². The van der Waals surface area contributed by atoms with Crippen LogP contribution in [0.3, 0.4) is 0 Å². The van der Waals surface area contributed by atoms with Crippen molar-refractivity contribution in [1.29, 1.82) is 0 Å². The fourth-order valence-electron chi connectivity index (χ4n) is 7.43. The second-order valence-corrected chi connectivity index (χ2v) is 17.4. The summed E-state index contributed by atoms with van der Waals surface area (Å²) >= 11 is 0. The number of isocyanates is 1. The molecule has 0 aliphatic heterocycles. The zero-order valence-corrected chi connectivity index (χ0v) is 30.4. The van der Waals surface area contributed by atoms with E-state index in [0.29, 0.717) is 74.0 Å². The normalized spacial score (nSPS) is 20.8. The summed E-state index contributed by atoms with van der Waals surface area (Å²) in [4.78, 5) is 30.6. The number of rotatable bonds is 21. The molecule has 264 valence electrons. The van der Waals surface area contributed by atoms with Gasteiger partial charge in [0, 0.05) is 18.9 Å². The van der Waals surface area contributed by atoms with Crippen molar-refractivity contribution in [2.45, 2.75) is 86.6 Å². The summed E-state index contributed by atoms with van der Waals surface area (Å²) in [5.41, 5.74) is -0.323. The van der Waals surface area contributed by atoms with Crippen LogP contribution in [0, 0.1) is 10.8 Å². The number of carbonyl (C=O) groups is 1. The Morgan fingerprint density at radius 3 is 1.67 bits per heavy atom. The number of amides is 2. The Balaban J connectivity index is 3.24. The van der Waals surface area contributed by atoms with Crippen molar-refractivity contribution < 1.29 is 44.5 Å². The molecular formula is C30H61N5O8S2+2. The summed E-state index contributed by atoms with van der Waals surface area (Å²) in [7, 11) is -8.13. The number of aliphatic imine (C=N–C) groups is 1. The number of nitrogens with zero attached hydrogens (tertiary/aromatic N) is 4. The lowest BCUT2D eigenvalue weighted by Gasteiger charge is -2.46. The van der Waals surface area contributed by atoms with Gasteiger partial charge in [-0.25, -0.2) is 14.6 Å². The van der Waals surface area contributed by atoms with Crippen molar-refractivity contribution in [2.24, 2.45) is 15.8 Å². The second-order valence-electron chi connectivity index (χ2n) is 14.2. The molecule has 15 heteroatoms. The van der Waals surface area contributed by atoms with Crippen molar-refractivity contribution in [3.05, 3.63) is 0 Å². The molecule has 1 fully saturated rings. The number of likely N-dealkylation sites (N-methyl/N-ethyl adjacent to an activating group) is 2. The lowest BCUT2D eigenvalue weighted by Crippen LogP contribution is -2.58. The van der Waals surface area contributed by atoms with Crippen molar-refractivity contribution >= 4 is 32.3 Å². The Morgan fingerprint density at radius 2 is 1.29 bits per heavy atom. The molecule has 0 aromatic carbocycles. The van der Waals surface area contributed by atoms with E-state index in [9.17, 15) is 35.5 Å². The summed E-state index contributed by atoms with van der Waals surface area (Å²) in [6, 6.07) is -0.307. The number of hydrogen-bond acceptors (Lipinski definition) is 7. The van der Waals surface area contributed by atoms with E-state index >= 15 is 0 Å². The van der Waals surface area contributed by atoms with Gasteiger partial charge < -0.3 is 19.2 Å². The molecule has 0 radical (unpaired) electrons. The van der Waals surface area contributed by atoms with Crippen LogP contribution < -0.4 is 5.32 Å². The van der Waals surface area contributed by atoms with E-state index in [1.165, 1.54) is 0 Å². The van der Waals surface area contributed by atoms with Crippen molar-refractivity contribution in [3.8, 4) is 0 Å². The fourth-order valence-corrected chi connectivity index (χ4v) is 8.41. The number of urea groups is 1. The van der Waals surface area contributed by atoms with Crippen LogP contribution in [0.15, 0.2) is 4.99 Å². The van der Waals surface area contributed by atoms with Gasteiger partial charge in [-0.15, -0.1) is 0 Å². The van der Waals surface area contributed by atoms with E-state index < -0.39 is 20.2 Å². The van der Waals surface area contributed by atoms with Gasteiger partial charge in [0.25, 0.3) is 20.2 Å². The highest BCUT2D eigenvalue weighted by Gasteiger charge is 2.42.